The van der Waals surface area contributed by atoms with E-state index in [1.54, 1.807) is 14.2 Å². The van der Waals surface area contributed by atoms with Crippen LogP contribution in [0.1, 0.15) is 92.1 Å². The van der Waals surface area contributed by atoms with E-state index in [1.807, 2.05) is 42.5 Å². The zero-order chi connectivity index (χ0) is 25.9. The van der Waals surface area contributed by atoms with Gasteiger partial charge < -0.3 is 14.2 Å². The van der Waals surface area contributed by atoms with E-state index in [2.05, 4.69) is 24.3 Å². The number of methoxy groups -OCH3 is 2. The summed E-state index contributed by atoms with van der Waals surface area (Å²) in [4.78, 5) is 5.33. The number of ether oxygens (including phenoxy) is 3. The van der Waals surface area contributed by atoms with Crippen molar-refractivity contribution in [2.75, 3.05) is 14.2 Å². The third kappa shape index (κ3) is 7.50. The van der Waals surface area contributed by atoms with Crippen LogP contribution in [0.3, 0.4) is 0 Å². The van der Waals surface area contributed by atoms with E-state index >= 15 is 0 Å². The zero-order valence-corrected chi connectivity index (χ0v) is 22.3. The van der Waals surface area contributed by atoms with Crippen molar-refractivity contribution in [3.63, 3.8) is 0 Å². The fraction of sp³-hybridized carbons (Fsp3) is 0.438. The Hall–Kier alpha value is -3.02. The first-order valence-corrected chi connectivity index (χ1v) is 13.6. The molecule has 5 heteroatoms. The Labute approximate surface area is 221 Å². The maximum absolute atomic E-state index is 6.08. The van der Waals surface area contributed by atoms with Crippen molar-refractivity contribution in [3.8, 4) is 17.2 Å². The number of rotatable bonds is 9. The van der Waals surface area contributed by atoms with Crippen LogP contribution in [0.25, 0.3) is 0 Å². The summed E-state index contributed by atoms with van der Waals surface area (Å²) in [5.41, 5.74) is 4.40. The summed E-state index contributed by atoms with van der Waals surface area (Å²) < 4.78 is 16.9. The number of hydrogen-bond acceptors (Lipinski definition) is 5. The van der Waals surface area contributed by atoms with Crippen LogP contribution in [0.2, 0.25) is 0 Å². The van der Waals surface area contributed by atoms with E-state index in [0.29, 0.717) is 24.0 Å². The second kappa shape index (κ2) is 14.1. The third-order valence-electron chi connectivity index (χ3n) is 7.50. The van der Waals surface area contributed by atoms with Crippen molar-refractivity contribution in [3.05, 3.63) is 89.0 Å². The topological polar surface area (TPSA) is 62.9 Å². The summed E-state index contributed by atoms with van der Waals surface area (Å²) in [5, 5.41) is 0. The maximum Gasteiger partial charge on any atom is 0.132 e. The molecule has 1 saturated carbocycles. The second-order valence-electron chi connectivity index (χ2n) is 9.97. The molecule has 1 aliphatic carbocycles. The normalized spacial score (nSPS) is 16.1. The Balaban J connectivity index is 1.36. The second-order valence-corrected chi connectivity index (χ2v) is 9.97. The maximum atomic E-state index is 6.08. The van der Waals surface area contributed by atoms with Gasteiger partial charge in [0.2, 0.25) is 0 Å². The summed E-state index contributed by atoms with van der Waals surface area (Å²) in [6.45, 7) is 0.535. The zero-order valence-electron chi connectivity index (χ0n) is 22.3. The van der Waals surface area contributed by atoms with E-state index in [-0.39, 0.29) is 0 Å². The van der Waals surface area contributed by atoms with E-state index in [9.17, 15) is 0 Å². The van der Waals surface area contributed by atoms with Gasteiger partial charge in [-0.3, -0.25) is 4.84 Å². The van der Waals surface area contributed by atoms with Gasteiger partial charge in [0, 0.05) is 11.6 Å². The molecule has 0 amide bonds. The monoisotopic (exact) mass is 503 g/mol. The van der Waals surface area contributed by atoms with Gasteiger partial charge in [0.25, 0.3) is 0 Å². The van der Waals surface area contributed by atoms with E-state index in [0.717, 1.165) is 16.9 Å². The van der Waals surface area contributed by atoms with Crippen molar-refractivity contribution in [1.29, 1.82) is 0 Å². The predicted octanol–water partition coefficient (Wildman–Crippen LogP) is 7.87. The summed E-state index contributed by atoms with van der Waals surface area (Å²) in [6, 6.07) is 22.5. The first-order valence-electron chi connectivity index (χ1n) is 13.6. The summed E-state index contributed by atoms with van der Waals surface area (Å²) in [6.07, 6.45) is 11.9. The molecule has 5 nitrogen and oxygen atoms in total. The van der Waals surface area contributed by atoms with Crippen LogP contribution in [0.5, 0.6) is 17.2 Å². The van der Waals surface area contributed by atoms with Crippen LogP contribution >= 0.6 is 0 Å². The molecule has 0 bridgehead atoms. The first-order chi connectivity index (χ1) is 18.2. The van der Waals surface area contributed by atoms with Crippen LogP contribution in [0.4, 0.5) is 0 Å². The van der Waals surface area contributed by atoms with Gasteiger partial charge in [0.1, 0.15) is 30.0 Å². The first kappa shape index (κ1) is 27.0. The fourth-order valence-electron chi connectivity index (χ4n) is 5.30. The molecule has 0 aromatic heterocycles. The molecule has 0 heterocycles. The van der Waals surface area contributed by atoms with Crippen LogP contribution in [-0.2, 0) is 11.4 Å². The lowest BCUT2D eigenvalue weighted by molar-refractivity contribution is 0.0794. The Bertz CT molecular complexity index is 1070. The quantitative estimate of drug-likeness (QED) is 0.301. The molecule has 1 unspecified atom stereocenters. The van der Waals surface area contributed by atoms with Crippen LogP contribution in [0.15, 0.2) is 66.7 Å². The summed E-state index contributed by atoms with van der Waals surface area (Å²) >= 11 is 0. The molecule has 3 aromatic rings. The molecule has 0 saturated heterocycles. The largest absolute Gasteiger partial charge is 0.497 e. The molecule has 1 fully saturated rings. The van der Waals surface area contributed by atoms with E-state index in [1.165, 1.54) is 68.9 Å². The average Bonchev–Trinajstić information content (AvgIpc) is 2.96. The smallest absolute Gasteiger partial charge is 0.132 e. The van der Waals surface area contributed by atoms with Crippen LogP contribution in [-0.4, -0.2) is 14.2 Å². The third-order valence-corrected chi connectivity index (χ3v) is 7.50. The standard InChI is InChI=1S/C32H41NO4/c1-34-29-20-21-30(31(22-29)35-2)32(37-33)27-16-18-28(19-17-27)36-23-24-12-14-26(15-13-24)25-10-8-6-4-3-5-7-9-11-25/h12-22,25,32H,3-11,23,33H2,1-2H3. The molecular weight excluding hydrogens is 462 g/mol. The molecule has 4 rings (SSSR count). The Morgan fingerprint density at radius 1 is 0.730 bits per heavy atom. The highest BCUT2D eigenvalue weighted by Gasteiger charge is 2.19. The minimum atomic E-state index is -0.468. The number of benzene rings is 3. The number of hydrogen-bond donors (Lipinski definition) is 1. The van der Waals surface area contributed by atoms with E-state index < -0.39 is 6.10 Å². The highest BCUT2D eigenvalue weighted by molar-refractivity contribution is 5.46. The van der Waals surface area contributed by atoms with Gasteiger partial charge in [-0.1, -0.05) is 81.3 Å². The van der Waals surface area contributed by atoms with Gasteiger partial charge in [-0.05, 0) is 59.7 Å². The average molecular weight is 504 g/mol. The highest BCUT2D eigenvalue weighted by atomic mass is 16.6. The van der Waals surface area contributed by atoms with Gasteiger partial charge in [0.05, 0.1) is 14.2 Å². The molecule has 37 heavy (non-hydrogen) atoms. The van der Waals surface area contributed by atoms with Crippen molar-refractivity contribution < 1.29 is 19.0 Å². The minimum absolute atomic E-state index is 0.468. The SMILES string of the molecule is COc1ccc(C(ON)c2ccc(OCc3ccc(C4CCCCCCCCC4)cc3)cc2)c(OC)c1. The minimum Gasteiger partial charge on any atom is -0.497 e. The fourth-order valence-corrected chi connectivity index (χ4v) is 5.30. The summed E-state index contributed by atoms with van der Waals surface area (Å²) in [7, 11) is 3.24. The Morgan fingerprint density at radius 2 is 1.35 bits per heavy atom. The molecule has 3 aromatic carbocycles. The van der Waals surface area contributed by atoms with Crippen molar-refractivity contribution in [2.24, 2.45) is 5.90 Å². The molecular formula is C32H41NO4. The lowest BCUT2D eigenvalue weighted by Crippen LogP contribution is -2.12. The molecule has 0 aliphatic heterocycles. The molecule has 1 aliphatic rings. The molecule has 0 spiro atoms. The van der Waals surface area contributed by atoms with Crippen LogP contribution < -0.4 is 20.1 Å². The highest BCUT2D eigenvalue weighted by Crippen LogP contribution is 2.35. The Morgan fingerprint density at radius 3 is 1.95 bits per heavy atom. The molecule has 2 N–H and O–H groups in total. The van der Waals surface area contributed by atoms with Crippen molar-refractivity contribution >= 4 is 0 Å². The van der Waals surface area contributed by atoms with Gasteiger partial charge in [-0.2, -0.15) is 0 Å². The van der Waals surface area contributed by atoms with Gasteiger partial charge >= 0.3 is 0 Å². The van der Waals surface area contributed by atoms with Gasteiger partial charge in [-0.15, -0.1) is 0 Å². The van der Waals surface area contributed by atoms with Gasteiger partial charge in [0.15, 0.2) is 0 Å². The van der Waals surface area contributed by atoms with Crippen molar-refractivity contribution in [1.82, 2.24) is 0 Å². The van der Waals surface area contributed by atoms with E-state index in [4.69, 9.17) is 24.9 Å². The lowest BCUT2D eigenvalue weighted by atomic mass is 9.87. The molecule has 198 valence electrons. The lowest BCUT2D eigenvalue weighted by Gasteiger charge is -2.20. The number of nitrogens with two attached hydrogens (primary N) is 1. The summed E-state index contributed by atoms with van der Waals surface area (Å²) in [5.74, 6) is 8.55. The van der Waals surface area contributed by atoms with Crippen LogP contribution in [0, 0.1) is 0 Å². The predicted molar refractivity (Wildman–Crippen MR) is 148 cm³/mol. The Kier molecular flexibility index (Phi) is 10.3. The molecule has 1 atom stereocenters. The molecule has 0 radical (unpaired) electrons. The van der Waals surface area contributed by atoms with Crippen molar-refractivity contribution in [2.45, 2.75) is 76.4 Å². The van der Waals surface area contributed by atoms with Gasteiger partial charge in [-0.25, -0.2) is 5.90 Å².